The molecule has 0 saturated carbocycles. The molecule has 0 aliphatic carbocycles. The van der Waals surface area contributed by atoms with E-state index in [-0.39, 0.29) is 11.7 Å². The number of benzene rings is 2. The van der Waals surface area contributed by atoms with Crippen molar-refractivity contribution < 1.29 is 9.53 Å². The minimum absolute atomic E-state index is 0.122. The summed E-state index contributed by atoms with van der Waals surface area (Å²) in [6, 6.07) is 13.3. The molecule has 0 aliphatic rings. The molecular formula is C21H23ClN4O2S. The minimum atomic E-state index is -0.122. The van der Waals surface area contributed by atoms with E-state index >= 15 is 0 Å². The fraction of sp³-hybridized carbons (Fsp3) is 0.286. The van der Waals surface area contributed by atoms with Crippen molar-refractivity contribution in [3.05, 3.63) is 64.4 Å². The molecule has 1 aromatic heterocycles. The molecule has 0 spiro atoms. The summed E-state index contributed by atoms with van der Waals surface area (Å²) in [6.07, 6.45) is 0. The predicted molar refractivity (Wildman–Crippen MR) is 117 cm³/mol. The smallest absolute Gasteiger partial charge is 0.234 e. The second kappa shape index (κ2) is 9.80. The summed E-state index contributed by atoms with van der Waals surface area (Å²) >= 11 is 7.35. The normalized spacial score (nSPS) is 10.8. The first-order valence-electron chi connectivity index (χ1n) is 9.26. The van der Waals surface area contributed by atoms with Gasteiger partial charge in [-0.15, -0.1) is 10.2 Å². The second-order valence-electron chi connectivity index (χ2n) is 6.54. The summed E-state index contributed by atoms with van der Waals surface area (Å²) in [5, 5.41) is 12.6. The van der Waals surface area contributed by atoms with Crippen LogP contribution in [0.3, 0.4) is 0 Å². The number of hydrogen-bond acceptors (Lipinski definition) is 5. The lowest BCUT2D eigenvalue weighted by atomic mass is 10.2. The Hall–Kier alpha value is -2.51. The van der Waals surface area contributed by atoms with Gasteiger partial charge in [0, 0.05) is 17.3 Å². The van der Waals surface area contributed by atoms with E-state index < -0.39 is 0 Å². The van der Waals surface area contributed by atoms with Crippen molar-refractivity contribution in [3.63, 3.8) is 0 Å². The van der Waals surface area contributed by atoms with Gasteiger partial charge in [0.1, 0.15) is 12.4 Å². The topological polar surface area (TPSA) is 69.0 Å². The van der Waals surface area contributed by atoms with Crippen LogP contribution in [0.4, 0.5) is 5.69 Å². The first-order valence-corrected chi connectivity index (χ1v) is 10.6. The molecule has 1 amide bonds. The number of thioether (sulfide) groups is 1. The van der Waals surface area contributed by atoms with Gasteiger partial charge in [-0.1, -0.05) is 41.6 Å². The fourth-order valence-corrected chi connectivity index (χ4v) is 3.74. The van der Waals surface area contributed by atoms with Crippen molar-refractivity contribution in [2.75, 3.05) is 11.1 Å². The molecule has 2 aromatic carbocycles. The summed E-state index contributed by atoms with van der Waals surface area (Å²) in [7, 11) is 0. The van der Waals surface area contributed by atoms with Gasteiger partial charge in [-0.2, -0.15) is 0 Å². The maximum absolute atomic E-state index is 12.3. The molecule has 3 rings (SSSR count). The van der Waals surface area contributed by atoms with E-state index in [0.29, 0.717) is 29.0 Å². The maximum Gasteiger partial charge on any atom is 0.234 e. The molecular weight excluding hydrogens is 408 g/mol. The Morgan fingerprint density at radius 3 is 2.79 bits per heavy atom. The van der Waals surface area contributed by atoms with Gasteiger partial charge in [0.25, 0.3) is 0 Å². The van der Waals surface area contributed by atoms with Crippen molar-refractivity contribution in [2.24, 2.45) is 0 Å². The molecule has 0 atom stereocenters. The third kappa shape index (κ3) is 5.74. The van der Waals surface area contributed by atoms with Gasteiger partial charge in [0.15, 0.2) is 11.0 Å². The van der Waals surface area contributed by atoms with E-state index in [2.05, 4.69) is 15.5 Å². The number of carbonyl (C=O) groups is 1. The van der Waals surface area contributed by atoms with Crippen LogP contribution in [0.25, 0.3) is 0 Å². The van der Waals surface area contributed by atoms with E-state index in [1.54, 1.807) is 12.1 Å². The van der Waals surface area contributed by atoms with Gasteiger partial charge in [0.05, 0.1) is 5.75 Å². The van der Waals surface area contributed by atoms with Gasteiger partial charge in [-0.3, -0.25) is 4.79 Å². The summed E-state index contributed by atoms with van der Waals surface area (Å²) in [5.74, 6) is 1.62. The predicted octanol–water partition coefficient (Wildman–Crippen LogP) is 4.88. The number of nitrogens with one attached hydrogen (secondary N) is 1. The third-order valence-corrected chi connectivity index (χ3v) is 5.48. The minimum Gasteiger partial charge on any atom is -0.486 e. The molecule has 0 aliphatic heterocycles. The van der Waals surface area contributed by atoms with Crippen LogP contribution in [0.15, 0.2) is 47.6 Å². The van der Waals surface area contributed by atoms with Crippen molar-refractivity contribution in [3.8, 4) is 5.75 Å². The largest absolute Gasteiger partial charge is 0.486 e. The Kier molecular flexibility index (Phi) is 7.17. The van der Waals surface area contributed by atoms with Gasteiger partial charge in [-0.25, -0.2) is 0 Å². The monoisotopic (exact) mass is 430 g/mol. The van der Waals surface area contributed by atoms with Crippen LogP contribution >= 0.6 is 23.4 Å². The van der Waals surface area contributed by atoms with Crippen LogP contribution in [-0.2, 0) is 17.9 Å². The molecule has 3 aromatic rings. The Labute approximate surface area is 179 Å². The zero-order valence-corrected chi connectivity index (χ0v) is 18.2. The summed E-state index contributed by atoms with van der Waals surface area (Å²) in [4.78, 5) is 12.3. The SMILES string of the molecule is CCn1c(COc2cccc(C)c2)nnc1SCC(=O)Nc1cc(Cl)ccc1C. The van der Waals surface area contributed by atoms with Crippen LogP contribution in [0.2, 0.25) is 5.02 Å². The Balaban J connectivity index is 1.59. The van der Waals surface area contributed by atoms with E-state index in [1.807, 2.05) is 55.7 Å². The highest BCUT2D eigenvalue weighted by molar-refractivity contribution is 7.99. The number of rotatable bonds is 8. The summed E-state index contributed by atoms with van der Waals surface area (Å²) < 4.78 is 7.79. The highest BCUT2D eigenvalue weighted by atomic mass is 35.5. The Morgan fingerprint density at radius 1 is 1.21 bits per heavy atom. The molecule has 0 bridgehead atoms. The van der Waals surface area contributed by atoms with Crippen LogP contribution in [0, 0.1) is 13.8 Å². The maximum atomic E-state index is 12.3. The van der Waals surface area contributed by atoms with Crippen LogP contribution < -0.4 is 10.1 Å². The molecule has 29 heavy (non-hydrogen) atoms. The summed E-state index contributed by atoms with van der Waals surface area (Å²) in [6.45, 7) is 6.97. The highest BCUT2D eigenvalue weighted by Crippen LogP contribution is 2.22. The van der Waals surface area contributed by atoms with Crippen molar-refractivity contribution in [2.45, 2.75) is 39.1 Å². The number of anilines is 1. The van der Waals surface area contributed by atoms with Crippen LogP contribution in [-0.4, -0.2) is 26.4 Å². The lowest BCUT2D eigenvalue weighted by Crippen LogP contribution is -2.15. The van der Waals surface area contributed by atoms with E-state index in [9.17, 15) is 4.79 Å². The van der Waals surface area contributed by atoms with Gasteiger partial charge >= 0.3 is 0 Å². The number of halogens is 1. The number of nitrogens with zero attached hydrogens (tertiary/aromatic N) is 3. The first kappa shape index (κ1) is 21.2. The second-order valence-corrected chi connectivity index (χ2v) is 7.92. The molecule has 1 heterocycles. The number of ether oxygens (including phenoxy) is 1. The Bertz CT molecular complexity index is 1010. The van der Waals surface area contributed by atoms with Gasteiger partial charge < -0.3 is 14.6 Å². The zero-order valence-electron chi connectivity index (χ0n) is 16.6. The molecule has 0 fully saturated rings. The van der Waals surface area contributed by atoms with Crippen molar-refractivity contribution in [1.29, 1.82) is 0 Å². The number of aryl methyl sites for hydroxylation is 2. The number of amides is 1. The van der Waals surface area contributed by atoms with Gasteiger partial charge in [-0.05, 0) is 56.2 Å². The van der Waals surface area contributed by atoms with Crippen molar-refractivity contribution >= 4 is 35.0 Å². The fourth-order valence-electron chi connectivity index (χ4n) is 2.75. The molecule has 6 nitrogen and oxygen atoms in total. The number of hydrogen-bond donors (Lipinski definition) is 1. The molecule has 1 N–H and O–H groups in total. The standard InChI is InChI=1S/C21H23ClN4O2S/c1-4-26-19(12-28-17-7-5-6-14(2)10-17)24-25-21(26)29-13-20(27)23-18-11-16(22)9-8-15(18)3/h5-11H,4,12-13H2,1-3H3,(H,23,27). The lowest BCUT2D eigenvalue weighted by Gasteiger charge is -2.10. The molecule has 8 heteroatoms. The van der Waals surface area contributed by atoms with Crippen LogP contribution in [0.1, 0.15) is 23.9 Å². The highest BCUT2D eigenvalue weighted by Gasteiger charge is 2.14. The lowest BCUT2D eigenvalue weighted by molar-refractivity contribution is -0.113. The number of aromatic nitrogens is 3. The summed E-state index contributed by atoms with van der Waals surface area (Å²) in [5.41, 5.74) is 2.81. The zero-order chi connectivity index (χ0) is 20.8. The van der Waals surface area contributed by atoms with Crippen molar-refractivity contribution in [1.82, 2.24) is 14.8 Å². The van der Waals surface area contributed by atoms with E-state index in [4.69, 9.17) is 16.3 Å². The molecule has 152 valence electrons. The number of carbonyl (C=O) groups excluding carboxylic acids is 1. The quantitative estimate of drug-likeness (QED) is 0.516. The average molecular weight is 431 g/mol. The molecule has 0 unspecified atom stereocenters. The third-order valence-electron chi connectivity index (χ3n) is 4.27. The van der Waals surface area contributed by atoms with Crippen LogP contribution in [0.5, 0.6) is 5.75 Å². The van der Waals surface area contributed by atoms with E-state index in [0.717, 1.165) is 22.7 Å². The molecule has 0 saturated heterocycles. The van der Waals surface area contributed by atoms with E-state index in [1.165, 1.54) is 11.8 Å². The molecule has 0 radical (unpaired) electrons. The van der Waals surface area contributed by atoms with Gasteiger partial charge in [0.2, 0.25) is 5.91 Å². The average Bonchev–Trinajstić information content (AvgIpc) is 3.09. The first-order chi connectivity index (χ1) is 14.0. The Morgan fingerprint density at radius 2 is 2.03 bits per heavy atom.